The Labute approximate surface area is 167 Å². The Bertz CT molecular complexity index is 1090. The highest BCUT2D eigenvalue weighted by molar-refractivity contribution is 6.11. The average molecular weight is 393 g/mol. The molecular formula is C22H20FN3O3. The molecule has 6 nitrogen and oxygen atoms in total. The van der Waals surface area contributed by atoms with Gasteiger partial charge in [0.1, 0.15) is 17.3 Å². The van der Waals surface area contributed by atoms with Gasteiger partial charge in [-0.25, -0.2) is 4.39 Å². The second-order valence-corrected chi connectivity index (χ2v) is 6.66. The fraction of sp³-hybridized carbons (Fsp3) is 0.182. The molecule has 1 amide bonds. The summed E-state index contributed by atoms with van der Waals surface area (Å²) in [6.07, 6.45) is 1.05. The molecule has 29 heavy (non-hydrogen) atoms. The first kappa shape index (κ1) is 18.7. The molecule has 1 atom stereocenters. The topological polar surface area (TPSA) is 63.7 Å². The van der Waals surface area contributed by atoms with Crippen molar-refractivity contribution in [1.29, 1.82) is 0 Å². The quantitative estimate of drug-likeness (QED) is 0.700. The van der Waals surface area contributed by atoms with Crippen LogP contribution in [0.1, 0.15) is 27.8 Å². The van der Waals surface area contributed by atoms with Gasteiger partial charge >= 0.3 is 0 Å². The number of methoxy groups -OCH3 is 2. The molecule has 1 aliphatic rings. The van der Waals surface area contributed by atoms with E-state index >= 15 is 0 Å². The van der Waals surface area contributed by atoms with Crippen LogP contribution in [0.3, 0.4) is 0 Å². The third-order valence-electron chi connectivity index (χ3n) is 4.93. The van der Waals surface area contributed by atoms with E-state index in [4.69, 9.17) is 9.47 Å². The van der Waals surface area contributed by atoms with Gasteiger partial charge in [-0.05, 0) is 55.0 Å². The van der Waals surface area contributed by atoms with Crippen molar-refractivity contribution in [3.8, 4) is 11.5 Å². The number of anilines is 2. The van der Waals surface area contributed by atoms with Crippen molar-refractivity contribution in [2.45, 2.75) is 13.1 Å². The second kappa shape index (κ2) is 7.43. The molecule has 4 rings (SSSR count). The summed E-state index contributed by atoms with van der Waals surface area (Å²) in [5.41, 5.74) is 3.06. The number of amides is 1. The third-order valence-corrected chi connectivity index (χ3v) is 4.93. The lowest BCUT2D eigenvalue weighted by molar-refractivity contribution is 0.0992. The highest BCUT2D eigenvalue weighted by Gasteiger charge is 2.40. The number of rotatable bonds is 5. The van der Waals surface area contributed by atoms with Gasteiger partial charge in [-0.15, -0.1) is 0 Å². The number of hydrogen-bond donors (Lipinski definition) is 1. The van der Waals surface area contributed by atoms with Crippen LogP contribution in [0, 0.1) is 12.7 Å². The summed E-state index contributed by atoms with van der Waals surface area (Å²) in [6.45, 7) is 1.80. The lowest BCUT2D eigenvalue weighted by atomic mass is 10.1. The molecule has 0 saturated heterocycles. The smallest absolute Gasteiger partial charge is 0.262 e. The Kier molecular flexibility index (Phi) is 4.80. The molecule has 0 unspecified atom stereocenters. The number of carbonyl (C=O) groups is 1. The lowest BCUT2D eigenvalue weighted by Crippen LogP contribution is -2.33. The number of hydrogen-bond acceptors (Lipinski definition) is 5. The molecular weight excluding hydrogens is 373 g/mol. The van der Waals surface area contributed by atoms with Gasteiger partial charge in [-0.1, -0.05) is 0 Å². The van der Waals surface area contributed by atoms with E-state index in [2.05, 4.69) is 10.3 Å². The normalized spacial score (nSPS) is 15.2. The van der Waals surface area contributed by atoms with Crippen LogP contribution in [0.5, 0.6) is 11.5 Å². The molecule has 1 aromatic heterocycles. The highest BCUT2D eigenvalue weighted by Crippen LogP contribution is 2.42. The first-order valence-corrected chi connectivity index (χ1v) is 9.06. The second-order valence-electron chi connectivity index (χ2n) is 6.66. The molecule has 0 bridgehead atoms. The number of aryl methyl sites for hydroxylation is 1. The SMILES string of the molecule is COc1ccc(OC)c(N2C(=O)c3cccnc3[C@H]2Nc2ccc(F)cc2C)c1. The number of carbonyl (C=O) groups excluding carboxylic acids is 1. The molecule has 3 aromatic rings. The maximum Gasteiger partial charge on any atom is 0.262 e. The summed E-state index contributed by atoms with van der Waals surface area (Å²) in [5, 5.41) is 3.34. The predicted octanol–water partition coefficient (Wildman–Crippen LogP) is 4.32. The summed E-state index contributed by atoms with van der Waals surface area (Å²) in [4.78, 5) is 19.3. The van der Waals surface area contributed by atoms with Crippen LogP contribution in [0.4, 0.5) is 15.8 Å². The molecule has 148 valence electrons. The largest absolute Gasteiger partial charge is 0.497 e. The van der Waals surface area contributed by atoms with E-state index in [9.17, 15) is 9.18 Å². The minimum atomic E-state index is -0.594. The molecule has 1 N–H and O–H groups in total. The molecule has 0 aliphatic carbocycles. The summed E-state index contributed by atoms with van der Waals surface area (Å²) < 4.78 is 24.4. The number of nitrogens with one attached hydrogen (secondary N) is 1. The number of halogens is 1. The van der Waals surface area contributed by atoms with Crippen molar-refractivity contribution in [1.82, 2.24) is 4.98 Å². The van der Waals surface area contributed by atoms with E-state index in [1.807, 2.05) is 0 Å². The molecule has 7 heteroatoms. The fourth-order valence-electron chi connectivity index (χ4n) is 3.49. The lowest BCUT2D eigenvalue weighted by Gasteiger charge is -2.28. The monoisotopic (exact) mass is 393 g/mol. The van der Waals surface area contributed by atoms with Gasteiger partial charge in [0.05, 0.1) is 31.2 Å². The van der Waals surface area contributed by atoms with Crippen LogP contribution in [-0.4, -0.2) is 25.1 Å². The molecule has 0 spiro atoms. The molecule has 0 saturated carbocycles. The first-order valence-electron chi connectivity index (χ1n) is 9.06. The average Bonchev–Trinajstić information content (AvgIpc) is 3.01. The number of aromatic nitrogens is 1. The number of pyridine rings is 1. The summed E-state index contributed by atoms with van der Waals surface area (Å²) >= 11 is 0. The van der Waals surface area contributed by atoms with Crippen LogP contribution in [0.15, 0.2) is 54.7 Å². The number of benzene rings is 2. The van der Waals surface area contributed by atoms with Gasteiger partial charge in [0, 0.05) is 18.0 Å². The zero-order valence-corrected chi connectivity index (χ0v) is 16.3. The molecule has 0 radical (unpaired) electrons. The zero-order valence-electron chi connectivity index (χ0n) is 16.3. The van der Waals surface area contributed by atoms with Gasteiger partial charge in [0.15, 0.2) is 6.17 Å². The Morgan fingerprint density at radius 3 is 2.66 bits per heavy atom. The van der Waals surface area contributed by atoms with Crippen molar-refractivity contribution < 1.29 is 18.7 Å². The number of fused-ring (bicyclic) bond motifs is 1. The van der Waals surface area contributed by atoms with E-state index in [0.29, 0.717) is 34.1 Å². The summed E-state index contributed by atoms with van der Waals surface area (Å²) in [6, 6.07) is 13.2. The number of ether oxygens (including phenoxy) is 2. The Morgan fingerprint density at radius 2 is 1.93 bits per heavy atom. The number of nitrogens with zero attached hydrogens (tertiary/aromatic N) is 2. The van der Waals surface area contributed by atoms with E-state index in [1.54, 1.807) is 68.6 Å². The van der Waals surface area contributed by atoms with E-state index < -0.39 is 6.17 Å². The highest BCUT2D eigenvalue weighted by atomic mass is 19.1. The van der Waals surface area contributed by atoms with E-state index in [1.165, 1.54) is 12.1 Å². The van der Waals surface area contributed by atoms with Gasteiger partial charge < -0.3 is 14.8 Å². The zero-order chi connectivity index (χ0) is 20.5. The van der Waals surface area contributed by atoms with Crippen LogP contribution in [0.25, 0.3) is 0 Å². The van der Waals surface area contributed by atoms with E-state index in [0.717, 1.165) is 5.56 Å². The maximum atomic E-state index is 13.6. The minimum Gasteiger partial charge on any atom is -0.497 e. The summed E-state index contributed by atoms with van der Waals surface area (Å²) in [5.74, 6) is 0.584. The van der Waals surface area contributed by atoms with Gasteiger partial charge in [-0.3, -0.25) is 14.7 Å². The van der Waals surface area contributed by atoms with Crippen LogP contribution < -0.4 is 19.7 Å². The Balaban J connectivity index is 1.85. The van der Waals surface area contributed by atoms with Gasteiger partial charge in [0.25, 0.3) is 5.91 Å². The standard InChI is InChI=1S/C22H20FN3O3/c1-13-11-14(23)6-8-17(13)25-21-20-16(5-4-10-24-20)22(27)26(21)18-12-15(28-2)7-9-19(18)29-3/h4-12,21,25H,1-3H3/t21-/m0/s1. The maximum absolute atomic E-state index is 13.6. The van der Waals surface area contributed by atoms with Crippen LogP contribution >= 0.6 is 0 Å². The third kappa shape index (κ3) is 3.24. The van der Waals surface area contributed by atoms with Crippen molar-refractivity contribution in [3.05, 3.63) is 77.4 Å². The van der Waals surface area contributed by atoms with Gasteiger partial charge in [0.2, 0.25) is 0 Å². The minimum absolute atomic E-state index is 0.211. The molecule has 1 aliphatic heterocycles. The molecule has 0 fully saturated rings. The van der Waals surface area contributed by atoms with Crippen molar-refractivity contribution in [2.75, 3.05) is 24.4 Å². The van der Waals surface area contributed by atoms with Crippen molar-refractivity contribution >= 4 is 17.3 Å². The van der Waals surface area contributed by atoms with Crippen molar-refractivity contribution in [2.24, 2.45) is 0 Å². The fourth-order valence-corrected chi connectivity index (χ4v) is 3.49. The van der Waals surface area contributed by atoms with Crippen LogP contribution in [0.2, 0.25) is 0 Å². The Hall–Kier alpha value is -3.61. The summed E-state index contributed by atoms with van der Waals surface area (Å²) in [7, 11) is 3.11. The van der Waals surface area contributed by atoms with Crippen molar-refractivity contribution in [3.63, 3.8) is 0 Å². The Morgan fingerprint density at radius 1 is 1.10 bits per heavy atom. The van der Waals surface area contributed by atoms with E-state index in [-0.39, 0.29) is 11.7 Å². The molecule has 2 aromatic carbocycles. The first-order chi connectivity index (χ1) is 14.0. The molecule has 2 heterocycles. The van der Waals surface area contributed by atoms with Gasteiger partial charge in [-0.2, -0.15) is 0 Å². The predicted molar refractivity (Wildman–Crippen MR) is 108 cm³/mol. The van der Waals surface area contributed by atoms with Crippen LogP contribution in [-0.2, 0) is 0 Å².